The SMILES string of the molecule is CO[C@@H]1[C@H](OP(=O)(O)OC[C@H]2O[C@@H](N3C=NC4C(=O)NC(N)NC43)[C@H](O)[C@@H]2O)[C@@H](COP(=O)(O)OP(=O)(O)OP(=O)([O-])OC[C@H]2O[C@@H](N3C=[N+](C)C4C(=O)NC(N)NC43)[C@H](O)[C@@H]2O)O[C@H]1n1ccc(N)nc1=O. The fourth-order valence-electron chi connectivity index (χ4n) is 8.77. The first kappa shape index (κ1) is 55.8. The quantitative estimate of drug-likeness (QED) is 0.0452. The lowest BCUT2D eigenvalue weighted by atomic mass is 10.1. The maximum atomic E-state index is 13.5. The molecule has 0 saturated carbocycles. The van der Waals surface area contributed by atoms with Gasteiger partial charge in [0.1, 0.15) is 79.5 Å². The molecule has 73 heavy (non-hydrogen) atoms. The highest BCUT2D eigenvalue weighted by atomic mass is 31.3. The van der Waals surface area contributed by atoms with Gasteiger partial charge in [-0.05, 0) is 6.07 Å². The predicted octanol–water partition coefficient (Wildman–Crippen LogP) is -9.49. The summed E-state index contributed by atoms with van der Waals surface area (Å²) in [4.78, 5) is 92.3. The number of phosphoric acid groups is 4. The van der Waals surface area contributed by atoms with Gasteiger partial charge in [0.15, 0.2) is 18.5 Å². The summed E-state index contributed by atoms with van der Waals surface area (Å²) >= 11 is 0. The number of fused-ring (bicyclic) bond motifs is 2. The smallest absolute Gasteiger partial charge is 0.487 e. The number of carbonyl (C=O) groups is 2. The van der Waals surface area contributed by atoms with Crippen molar-refractivity contribution in [2.75, 3.05) is 39.7 Å². The van der Waals surface area contributed by atoms with Crippen molar-refractivity contribution >= 4 is 61.6 Å². The number of anilines is 1. The Morgan fingerprint density at radius 2 is 1.32 bits per heavy atom. The van der Waals surface area contributed by atoms with E-state index in [1.54, 1.807) is 0 Å². The number of aliphatic imine (C=N–C) groups is 1. The second-order valence-electron chi connectivity index (χ2n) is 16.9. The molecule has 5 fully saturated rings. The number of aliphatic hydroxyl groups is 4. The number of ether oxygens (including phenoxy) is 4. The number of aliphatic hydroxyl groups excluding tert-OH is 4. The first-order valence-electron chi connectivity index (χ1n) is 21.3. The maximum Gasteiger partial charge on any atom is 0.487 e. The Kier molecular flexibility index (Phi) is 16.2. The van der Waals surface area contributed by atoms with Crippen LogP contribution in [0.1, 0.15) is 6.23 Å². The summed E-state index contributed by atoms with van der Waals surface area (Å²) in [6.45, 7) is -3.50. The van der Waals surface area contributed by atoms with Crippen molar-refractivity contribution in [2.45, 2.75) is 111 Å². The van der Waals surface area contributed by atoms with Crippen molar-refractivity contribution in [1.29, 1.82) is 0 Å². The Labute approximate surface area is 409 Å². The summed E-state index contributed by atoms with van der Waals surface area (Å²) in [5.74, 6) is -1.29. The van der Waals surface area contributed by atoms with E-state index in [-0.39, 0.29) is 5.82 Å². The third kappa shape index (κ3) is 11.9. The van der Waals surface area contributed by atoms with Crippen LogP contribution in [0.2, 0.25) is 0 Å². The number of phosphoric ester groups is 3. The van der Waals surface area contributed by atoms with Gasteiger partial charge in [-0.3, -0.25) is 58.6 Å². The van der Waals surface area contributed by atoms with Gasteiger partial charge in [0.2, 0.25) is 24.8 Å². The van der Waals surface area contributed by atoms with Gasteiger partial charge in [0.25, 0.3) is 19.6 Å². The van der Waals surface area contributed by atoms with Crippen molar-refractivity contribution < 1.29 is 118 Å². The van der Waals surface area contributed by atoms with Crippen LogP contribution in [0.25, 0.3) is 0 Å². The van der Waals surface area contributed by atoms with Crippen LogP contribution in [0.15, 0.2) is 22.1 Å². The highest BCUT2D eigenvalue weighted by Gasteiger charge is 2.59. The van der Waals surface area contributed by atoms with Gasteiger partial charge in [-0.2, -0.15) is 9.29 Å². The minimum atomic E-state index is -6.26. The molecule has 5 saturated heterocycles. The fourth-order valence-corrected chi connectivity index (χ4v) is 13.2. The molecule has 0 aliphatic carbocycles. The van der Waals surface area contributed by atoms with Crippen LogP contribution < -0.4 is 49.1 Å². The Hall–Kier alpha value is -3.40. The van der Waals surface area contributed by atoms with Crippen molar-refractivity contribution in [3.05, 3.63) is 22.7 Å². The number of nitrogen functional groups attached to an aromatic ring is 1. The zero-order chi connectivity index (χ0) is 53.3. The number of likely N-dealkylation sites (N-methyl/N-ethyl adjacent to an activating group) is 1. The van der Waals surface area contributed by atoms with Crippen LogP contribution >= 0.6 is 31.3 Å². The average molecular weight is 1130 g/mol. The summed E-state index contributed by atoms with van der Waals surface area (Å²) in [7, 11) is -21.3. The number of amides is 2. The number of nitrogens with zero attached hydrogens (tertiary/aromatic N) is 6. The number of hydrogen-bond acceptors (Lipinski definition) is 31. The van der Waals surface area contributed by atoms with Crippen LogP contribution in [-0.4, -0.2) is 222 Å². The summed E-state index contributed by atoms with van der Waals surface area (Å²) in [5.41, 5.74) is 16.1. The van der Waals surface area contributed by atoms with E-state index in [2.05, 4.69) is 44.4 Å². The molecule has 2 amide bonds. The number of rotatable bonds is 19. The van der Waals surface area contributed by atoms with E-state index in [1.807, 2.05) is 0 Å². The largest absolute Gasteiger partial charge is 0.756 e. The molecule has 7 aliphatic heterocycles. The zero-order valence-electron chi connectivity index (χ0n) is 37.5. The lowest BCUT2D eigenvalue weighted by Crippen LogP contribution is -2.71. The first-order valence-corrected chi connectivity index (χ1v) is 27.2. The normalized spacial score (nSPS) is 40.5. The Morgan fingerprint density at radius 1 is 0.753 bits per heavy atom. The van der Waals surface area contributed by atoms with Crippen LogP contribution in [0.3, 0.4) is 0 Å². The standard InChI is InChI=1S/C31H51N13O25P4/c1-41-9-44(23-15(41)25(50)40-30(34)38-23)27-19(48)17(46)11(65-27)6-62-71(54,55)68-73(58,59)69-72(56,57)63-7-12-20(21(60-2)28(66-12)42-4-3-13(32)36-31(42)51)67-70(52,53)61-5-10-16(45)18(47)26(64-10)43-8-35-14-22(43)37-29(33)39-24(14)49/h3-4,8-12,14-23,26-30,37-38,45-48H,5-7,33-34H2,1-2H3,(H7-,32,36,39,40,49,50,51,52,53,54,55,56,57,58,59)/t10-,11-,12-,14?,15?,16-,17-,18-,19-,20-,21-,22?,23?,26-,27-,28-,29?,30?/m1/s1. The van der Waals surface area contributed by atoms with Crippen molar-refractivity contribution in [2.24, 2.45) is 16.5 Å². The zero-order valence-corrected chi connectivity index (χ0v) is 41.1. The number of nitrogens with one attached hydrogen (secondary N) is 4. The minimum Gasteiger partial charge on any atom is -0.756 e. The van der Waals surface area contributed by atoms with E-state index < -0.39 is 179 Å². The second kappa shape index (κ2) is 21.2. The van der Waals surface area contributed by atoms with E-state index >= 15 is 0 Å². The molecular formula is C31H51N13O25P4. The number of methoxy groups -OCH3 is 1. The molecule has 0 spiro atoms. The Balaban J connectivity index is 0.890. The van der Waals surface area contributed by atoms with E-state index in [0.29, 0.717) is 0 Å². The summed E-state index contributed by atoms with van der Waals surface area (Å²) < 4.78 is 105. The summed E-state index contributed by atoms with van der Waals surface area (Å²) in [5, 5.41) is 53.7. The molecule has 8 heterocycles. The molecule has 0 aromatic carbocycles. The third-order valence-electron chi connectivity index (χ3n) is 12.0. The Morgan fingerprint density at radius 3 is 1.95 bits per heavy atom. The molecule has 0 bridgehead atoms. The second-order valence-corrected chi connectivity index (χ2v) is 22.9. The number of aromatic nitrogens is 2. The first-order chi connectivity index (χ1) is 34.1. The van der Waals surface area contributed by atoms with E-state index in [9.17, 15) is 72.6 Å². The van der Waals surface area contributed by atoms with Crippen LogP contribution in [-0.2, 0) is 73.5 Å². The summed E-state index contributed by atoms with van der Waals surface area (Å²) in [6.07, 6.45) is -20.8. The van der Waals surface area contributed by atoms with E-state index in [0.717, 1.165) is 30.3 Å². The van der Waals surface area contributed by atoms with E-state index in [4.69, 9.17) is 49.7 Å². The van der Waals surface area contributed by atoms with Gasteiger partial charge in [0, 0.05) is 13.3 Å². The predicted molar refractivity (Wildman–Crippen MR) is 229 cm³/mol. The fraction of sp³-hybridized carbons (Fsp3) is 0.742. The van der Waals surface area contributed by atoms with Crippen LogP contribution in [0.4, 0.5) is 5.82 Å². The Bertz CT molecular complexity index is 2590. The summed E-state index contributed by atoms with van der Waals surface area (Å²) in [6, 6.07) is -0.757. The van der Waals surface area contributed by atoms with Crippen molar-refractivity contribution in [3.63, 3.8) is 0 Å². The van der Waals surface area contributed by atoms with Crippen molar-refractivity contribution in [3.8, 4) is 0 Å². The lowest BCUT2D eigenvalue weighted by molar-refractivity contribution is -0.515. The molecule has 1 aromatic heterocycles. The molecule has 8 rings (SSSR count). The van der Waals surface area contributed by atoms with Gasteiger partial charge >= 0.3 is 29.2 Å². The molecule has 17 N–H and O–H groups in total. The number of hydrogen-bond donors (Lipinski definition) is 14. The van der Waals surface area contributed by atoms with Gasteiger partial charge < -0.3 is 84.7 Å². The third-order valence-corrected chi connectivity index (χ3v) is 17.2. The molecule has 42 heteroatoms. The number of nitrogens with two attached hydrogens (primary N) is 3. The monoisotopic (exact) mass is 1130 g/mol. The minimum absolute atomic E-state index is 0.249. The number of carbonyl (C=O) groups excluding carboxylic acids is 2. The van der Waals surface area contributed by atoms with E-state index in [1.165, 1.54) is 27.8 Å². The van der Waals surface area contributed by atoms with Crippen LogP contribution in [0, 0.1) is 0 Å². The van der Waals surface area contributed by atoms with Gasteiger partial charge in [-0.15, -0.1) is 0 Å². The lowest BCUT2D eigenvalue weighted by Gasteiger charge is -2.38. The highest BCUT2D eigenvalue weighted by molar-refractivity contribution is 7.66. The molecule has 0 radical (unpaired) electrons. The average Bonchev–Trinajstić information content (AvgIpc) is 4.07. The molecule has 410 valence electrons. The highest BCUT2D eigenvalue weighted by Crippen LogP contribution is 2.67. The molecule has 22 atom stereocenters. The van der Waals surface area contributed by atoms with Crippen LogP contribution in [0.5, 0.6) is 0 Å². The van der Waals surface area contributed by atoms with Gasteiger partial charge in [-0.25, -0.2) is 33.0 Å². The molecule has 1 aromatic rings. The maximum absolute atomic E-state index is 13.5. The molecular weight excluding hydrogens is 1080 g/mol. The molecule has 10 unspecified atom stereocenters. The van der Waals surface area contributed by atoms with Gasteiger partial charge in [-0.1, -0.05) is 0 Å². The molecule has 38 nitrogen and oxygen atoms in total. The van der Waals surface area contributed by atoms with Crippen molar-refractivity contribution in [1.82, 2.24) is 40.6 Å². The molecule has 7 aliphatic rings. The van der Waals surface area contributed by atoms with Gasteiger partial charge in [0.05, 0.1) is 33.2 Å². The topological polar surface area (TPSA) is 542 Å².